The molecule has 1 N–H and O–H groups in total. The van der Waals surface area contributed by atoms with E-state index in [0.717, 1.165) is 58.4 Å². The standard InChI is InChI=1S/C13H24N2O2/c1-14-7-9-15(10-8-14)11-13(12(16)17)5-3-2-4-6-13/h2-11H2,1H3,(H,16,17). The third-order valence-electron chi connectivity index (χ3n) is 4.39. The number of piperazine rings is 1. The summed E-state index contributed by atoms with van der Waals surface area (Å²) in [5.74, 6) is -0.573. The molecule has 0 aromatic heterocycles. The summed E-state index contributed by atoms with van der Waals surface area (Å²) in [6.07, 6.45) is 5.11. The minimum absolute atomic E-state index is 0.450. The van der Waals surface area contributed by atoms with E-state index in [0.29, 0.717) is 0 Å². The first-order valence-electron chi connectivity index (χ1n) is 6.77. The number of nitrogens with zero attached hydrogens (tertiary/aromatic N) is 2. The van der Waals surface area contributed by atoms with Crippen LogP contribution in [-0.4, -0.2) is 60.6 Å². The van der Waals surface area contributed by atoms with Crippen LogP contribution in [0.5, 0.6) is 0 Å². The van der Waals surface area contributed by atoms with Crippen LogP contribution in [0.4, 0.5) is 0 Å². The molecule has 0 atom stereocenters. The van der Waals surface area contributed by atoms with Gasteiger partial charge in [0.05, 0.1) is 5.41 Å². The first kappa shape index (κ1) is 12.8. The van der Waals surface area contributed by atoms with Gasteiger partial charge in [-0.2, -0.15) is 0 Å². The van der Waals surface area contributed by atoms with E-state index in [-0.39, 0.29) is 0 Å². The van der Waals surface area contributed by atoms with Crippen molar-refractivity contribution in [2.75, 3.05) is 39.8 Å². The predicted molar refractivity (Wildman–Crippen MR) is 67.1 cm³/mol. The Balaban J connectivity index is 1.95. The molecule has 1 saturated heterocycles. The number of carbonyl (C=O) groups is 1. The fourth-order valence-corrected chi connectivity index (χ4v) is 3.10. The van der Waals surface area contributed by atoms with Crippen molar-refractivity contribution in [2.24, 2.45) is 5.41 Å². The number of carboxylic acid groups (broad SMARTS) is 1. The number of rotatable bonds is 3. The van der Waals surface area contributed by atoms with Gasteiger partial charge in [-0.05, 0) is 19.9 Å². The Morgan fingerprint density at radius 1 is 1.12 bits per heavy atom. The van der Waals surface area contributed by atoms with Crippen LogP contribution in [0.25, 0.3) is 0 Å². The molecule has 2 aliphatic rings. The summed E-state index contributed by atoms with van der Waals surface area (Å²) in [6, 6.07) is 0. The van der Waals surface area contributed by atoms with Crippen LogP contribution in [0.3, 0.4) is 0 Å². The maximum Gasteiger partial charge on any atom is 0.310 e. The molecule has 0 unspecified atom stereocenters. The lowest BCUT2D eigenvalue weighted by Crippen LogP contribution is -2.51. The van der Waals surface area contributed by atoms with E-state index >= 15 is 0 Å². The lowest BCUT2D eigenvalue weighted by molar-refractivity contribution is -0.152. The molecule has 0 aromatic carbocycles. The van der Waals surface area contributed by atoms with Crippen LogP contribution in [0, 0.1) is 5.41 Å². The van der Waals surface area contributed by atoms with Gasteiger partial charge in [-0.25, -0.2) is 0 Å². The summed E-state index contributed by atoms with van der Waals surface area (Å²) in [7, 11) is 2.13. The largest absolute Gasteiger partial charge is 0.481 e. The fourth-order valence-electron chi connectivity index (χ4n) is 3.10. The van der Waals surface area contributed by atoms with E-state index in [9.17, 15) is 9.90 Å². The maximum absolute atomic E-state index is 11.6. The number of likely N-dealkylation sites (N-methyl/N-ethyl adjacent to an activating group) is 1. The van der Waals surface area contributed by atoms with Gasteiger partial charge in [0, 0.05) is 32.7 Å². The first-order chi connectivity index (χ1) is 8.12. The molecule has 0 spiro atoms. The molecule has 98 valence electrons. The van der Waals surface area contributed by atoms with E-state index in [1.165, 1.54) is 6.42 Å². The molecule has 1 heterocycles. The molecule has 2 rings (SSSR count). The summed E-state index contributed by atoms with van der Waals surface area (Å²) in [4.78, 5) is 16.2. The van der Waals surface area contributed by atoms with Crippen molar-refractivity contribution in [3.63, 3.8) is 0 Å². The maximum atomic E-state index is 11.6. The van der Waals surface area contributed by atoms with E-state index in [2.05, 4.69) is 16.8 Å². The highest BCUT2D eigenvalue weighted by atomic mass is 16.4. The Kier molecular flexibility index (Phi) is 4.05. The molecule has 1 aliphatic heterocycles. The molecule has 4 heteroatoms. The highest BCUT2D eigenvalue weighted by Gasteiger charge is 2.41. The molecule has 0 bridgehead atoms. The number of carboxylic acids is 1. The minimum Gasteiger partial charge on any atom is -0.481 e. The van der Waals surface area contributed by atoms with Crippen LogP contribution in [-0.2, 0) is 4.79 Å². The molecule has 17 heavy (non-hydrogen) atoms. The summed E-state index contributed by atoms with van der Waals surface area (Å²) in [5, 5.41) is 9.53. The van der Waals surface area contributed by atoms with Gasteiger partial charge in [-0.3, -0.25) is 9.69 Å². The highest BCUT2D eigenvalue weighted by molar-refractivity contribution is 5.75. The molecule has 0 radical (unpaired) electrons. The molecule has 1 saturated carbocycles. The smallest absolute Gasteiger partial charge is 0.310 e. The van der Waals surface area contributed by atoms with Crippen molar-refractivity contribution >= 4 is 5.97 Å². The number of aliphatic carboxylic acids is 1. The quantitative estimate of drug-likeness (QED) is 0.807. The van der Waals surface area contributed by atoms with E-state index < -0.39 is 11.4 Å². The van der Waals surface area contributed by atoms with Crippen molar-refractivity contribution in [1.82, 2.24) is 9.80 Å². The van der Waals surface area contributed by atoms with Gasteiger partial charge in [-0.15, -0.1) is 0 Å². The molecular formula is C13H24N2O2. The third kappa shape index (κ3) is 2.99. The average molecular weight is 240 g/mol. The van der Waals surface area contributed by atoms with Gasteiger partial charge in [0.2, 0.25) is 0 Å². The zero-order valence-electron chi connectivity index (χ0n) is 10.8. The highest BCUT2D eigenvalue weighted by Crippen LogP contribution is 2.37. The molecule has 0 amide bonds. The normalized spacial score (nSPS) is 26.9. The molecular weight excluding hydrogens is 216 g/mol. The Hall–Kier alpha value is -0.610. The summed E-state index contributed by atoms with van der Waals surface area (Å²) >= 11 is 0. The summed E-state index contributed by atoms with van der Waals surface area (Å²) < 4.78 is 0. The van der Waals surface area contributed by atoms with Crippen molar-refractivity contribution < 1.29 is 9.90 Å². The molecule has 4 nitrogen and oxygen atoms in total. The zero-order valence-corrected chi connectivity index (χ0v) is 10.8. The van der Waals surface area contributed by atoms with Gasteiger partial charge in [-0.1, -0.05) is 19.3 Å². The van der Waals surface area contributed by atoms with Crippen molar-refractivity contribution in [2.45, 2.75) is 32.1 Å². The summed E-state index contributed by atoms with van der Waals surface area (Å²) in [6.45, 7) is 4.93. The minimum atomic E-state index is -0.573. The molecule has 1 aliphatic carbocycles. The number of hydrogen-bond donors (Lipinski definition) is 1. The summed E-state index contributed by atoms with van der Waals surface area (Å²) in [5.41, 5.74) is -0.450. The van der Waals surface area contributed by atoms with Crippen molar-refractivity contribution in [1.29, 1.82) is 0 Å². The second-order valence-electron chi connectivity index (χ2n) is 5.73. The van der Waals surface area contributed by atoms with Crippen LogP contribution in [0.1, 0.15) is 32.1 Å². The average Bonchev–Trinajstić information content (AvgIpc) is 2.33. The topological polar surface area (TPSA) is 43.8 Å². The Morgan fingerprint density at radius 2 is 1.71 bits per heavy atom. The van der Waals surface area contributed by atoms with Crippen molar-refractivity contribution in [3.05, 3.63) is 0 Å². The van der Waals surface area contributed by atoms with Crippen LogP contribution < -0.4 is 0 Å². The SMILES string of the molecule is CN1CCN(CC2(C(=O)O)CCCCC2)CC1. The Bertz CT molecular complexity index is 267. The van der Waals surface area contributed by atoms with Crippen molar-refractivity contribution in [3.8, 4) is 0 Å². The number of hydrogen-bond acceptors (Lipinski definition) is 3. The lowest BCUT2D eigenvalue weighted by atomic mass is 9.73. The first-order valence-corrected chi connectivity index (χ1v) is 6.77. The Labute approximate surface area is 104 Å². The van der Waals surface area contributed by atoms with Gasteiger partial charge in [0.25, 0.3) is 0 Å². The molecule has 0 aromatic rings. The Morgan fingerprint density at radius 3 is 2.24 bits per heavy atom. The van der Waals surface area contributed by atoms with Gasteiger partial charge in [0.15, 0.2) is 0 Å². The zero-order chi connectivity index (χ0) is 12.3. The monoisotopic (exact) mass is 240 g/mol. The van der Waals surface area contributed by atoms with Crippen LogP contribution in [0.15, 0.2) is 0 Å². The molecule has 2 fully saturated rings. The predicted octanol–water partition coefficient (Wildman–Crippen LogP) is 1.27. The third-order valence-corrected chi connectivity index (χ3v) is 4.39. The lowest BCUT2D eigenvalue weighted by Gasteiger charge is -2.40. The van der Waals surface area contributed by atoms with E-state index in [1.807, 2.05) is 0 Å². The second-order valence-corrected chi connectivity index (χ2v) is 5.73. The van der Waals surface area contributed by atoms with Crippen LogP contribution >= 0.6 is 0 Å². The van der Waals surface area contributed by atoms with Gasteiger partial charge < -0.3 is 10.0 Å². The van der Waals surface area contributed by atoms with E-state index in [4.69, 9.17) is 0 Å². The fraction of sp³-hybridized carbons (Fsp3) is 0.923. The van der Waals surface area contributed by atoms with Gasteiger partial charge >= 0.3 is 5.97 Å². The van der Waals surface area contributed by atoms with Gasteiger partial charge in [0.1, 0.15) is 0 Å². The second kappa shape index (κ2) is 5.36. The van der Waals surface area contributed by atoms with Crippen LogP contribution in [0.2, 0.25) is 0 Å². The van der Waals surface area contributed by atoms with E-state index in [1.54, 1.807) is 0 Å².